The molecule has 0 spiro atoms. The quantitative estimate of drug-likeness (QED) is 0.369. The van der Waals surface area contributed by atoms with E-state index < -0.39 is 0 Å². The molecule has 1 rings (SSSR count). The molecule has 1 saturated heterocycles. The Balaban J connectivity index is 2.07. The van der Waals surface area contributed by atoms with Crippen LogP contribution in [-0.4, -0.2) is 16.4 Å². The summed E-state index contributed by atoms with van der Waals surface area (Å²) < 4.78 is 5.32. The lowest BCUT2D eigenvalue weighted by atomic mass is 10.1. The average Bonchev–Trinajstić information content (AvgIpc) is 2.14. The lowest BCUT2D eigenvalue weighted by molar-refractivity contribution is 0.281. The minimum Gasteiger partial charge on any atom is -0.417 e. The van der Waals surface area contributed by atoms with E-state index in [-0.39, 0.29) is 0 Å². The third kappa shape index (κ3) is 4.07. The summed E-state index contributed by atoms with van der Waals surface area (Å²) in [6.45, 7) is 3.21. The Morgan fingerprint density at radius 3 is 3.17 bits per heavy atom. The summed E-state index contributed by atoms with van der Waals surface area (Å²) in [5.41, 5.74) is 0. The smallest absolute Gasteiger partial charge is 0.230 e. The Morgan fingerprint density at radius 2 is 2.50 bits per heavy atom. The van der Waals surface area contributed by atoms with Gasteiger partial charge in [0, 0.05) is 6.61 Å². The highest BCUT2D eigenvalue weighted by Crippen LogP contribution is 2.16. The summed E-state index contributed by atoms with van der Waals surface area (Å²) in [6.07, 6.45) is 9.88. The zero-order chi connectivity index (χ0) is 8.65. The van der Waals surface area contributed by atoms with Gasteiger partial charge in [0.1, 0.15) is 0 Å². The first-order valence-corrected chi connectivity index (χ1v) is 6.06. The van der Waals surface area contributed by atoms with Crippen LogP contribution in [0.3, 0.4) is 0 Å². The van der Waals surface area contributed by atoms with Crippen molar-refractivity contribution in [2.24, 2.45) is 5.92 Å². The van der Waals surface area contributed by atoms with Gasteiger partial charge in [-0.25, -0.2) is 0 Å². The van der Waals surface area contributed by atoms with Crippen LogP contribution in [0.25, 0.3) is 0 Å². The molecule has 0 aliphatic carbocycles. The maximum atomic E-state index is 5.32. The first-order valence-electron chi connectivity index (χ1n) is 4.94. The predicted molar refractivity (Wildman–Crippen MR) is 53.3 cm³/mol. The Labute approximate surface area is 78.1 Å². The van der Waals surface area contributed by atoms with Gasteiger partial charge in [0.2, 0.25) is 9.76 Å². The van der Waals surface area contributed by atoms with E-state index in [1.54, 1.807) is 0 Å². The highest BCUT2D eigenvalue weighted by atomic mass is 28.2. The van der Waals surface area contributed by atoms with Gasteiger partial charge < -0.3 is 4.43 Å². The molecule has 0 aromatic carbocycles. The van der Waals surface area contributed by atoms with E-state index in [0.29, 0.717) is 0 Å². The third-order valence-electron chi connectivity index (χ3n) is 2.17. The van der Waals surface area contributed by atoms with Gasteiger partial charge >= 0.3 is 0 Å². The normalized spacial score (nSPS) is 24.9. The molecule has 0 amide bonds. The number of hydrogen-bond donors (Lipinski definition) is 0. The summed E-state index contributed by atoms with van der Waals surface area (Å²) in [6, 6.07) is 1.25. The Kier molecular flexibility index (Phi) is 5.36. The van der Waals surface area contributed by atoms with Crippen molar-refractivity contribution in [2.75, 3.05) is 6.61 Å². The van der Waals surface area contributed by atoms with Crippen LogP contribution in [0.2, 0.25) is 6.04 Å². The van der Waals surface area contributed by atoms with Gasteiger partial charge in [0.25, 0.3) is 0 Å². The molecule has 2 heteroatoms. The molecule has 1 nitrogen and oxygen atoms in total. The molecule has 12 heavy (non-hydrogen) atoms. The molecule has 68 valence electrons. The van der Waals surface area contributed by atoms with Crippen LogP contribution >= 0.6 is 0 Å². The number of hydrogen-bond acceptors (Lipinski definition) is 1. The van der Waals surface area contributed by atoms with Crippen LogP contribution in [0.4, 0.5) is 0 Å². The van der Waals surface area contributed by atoms with Crippen LogP contribution in [0.5, 0.6) is 0 Å². The van der Waals surface area contributed by atoms with Crippen molar-refractivity contribution in [2.45, 2.75) is 38.7 Å². The summed E-state index contributed by atoms with van der Waals surface area (Å²) >= 11 is 0. The standard InChI is InChI=1S/C10H18OSi/c1-2-3-4-5-6-10-7-8-11-12-9-10/h5-6,10H,2-4,7-9H2,1H3/b6-5+. The molecule has 0 bridgehead atoms. The van der Waals surface area contributed by atoms with Crippen LogP contribution < -0.4 is 0 Å². The monoisotopic (exact) mass is 182 g/mol. The maximum absolute atomic E-state index is 5.32. The van der Waals surface area contributed by atoms with E-state index in [1.165, 1.54) is 31.7 Å². The first kappa shape index (κ1) is 10.0. The Morgan fingerprint density at radius 1 is 1.58 bits per heavy atom. The predicted octanol–water partition coefficient (Wildman–Crippen LogP) is 2.81. The molecule has 1 heterocycles. The average molecular weight is 182 g/mol. The summed E-state index contributed by atoms with van der Waals surface area (Å²) in [7, 11) is 0.743. The van der Waals surface area contributed by atoms with Gasteiger partial charge in [-0.3, -0.25) is 0 Å². The molecule has 0 aromatic heterocycles. The van der Waals surface area contributed by atoms with Crippen LogP contribution in [0, 0.1) is 5.92 Å². The molecular formula is C10H18OSi. The number of allylic oxidation sites excluding steroid dienone is 2. The van der Waals surface area contributed by atoms with E-state index in [2.05, 4.69) is 19.1 Å². The number of rotatable bonds is 4. The molecule has 0 N–H and O–H groups in total. The molecular weight excluding hydrogens is 164 g/mol. The van der Waals surface area contributed by atoms with Gasteiger partial charge in [-0.15, -0.1) is 0 Å². The summed E-state index contributed by atoms with van der Waals surface area (Å²) in [4.78, 5) is 0. The molecule has 1 atom stereocenters. The fourth-order valence-electron chi connectivity index (χ4n) is 1.33. The minimum atomic E-state index is 0.743. The summed E-state index contributed by atoms with van der Waals surface area (Å²) in [5, 5.41) is 0. The zero-order valence-electron chi connectivity index (χ0n) is 7.88. The molecule has 1 aliphatic heterocycles. The largest absolute Gasteiger partial charge is 0.417 e. The van der Waals surface area contributed by atoms with Gasteiger partial charge in [-0.1, -0.05) is 31.9 Å². The van der Waals surface area contributed by atoms with Crippen molar-refractivity contribution < 1.29 is 4.43 Å². The van der Waals surface area contributed by atoms with Crippen molar-refractivity contribution >= 4 is 9.76 Å². The van der Waals surface area contributed by atoms with Crippen LogP contribution in [-0.2, 0) is 4.43 Å². The van der Waals surface area contributed by atoms with E-state index in [4.69, 9.17) is 4.43 Å². The molecule has 0 saturated carbocycles. The van der Waals surface area contributed by atoms with E-state index in [0.717, 1.165) is 22.3 Å². The lowest BCUT2D eigenvalue weighted by Crippen LogP contribution is -2.15. The Hall–Kier alpha value is -0.0831. The number of unbranched alkanes of at least 4 members (excludes halogenated alkanes) is 2. The molecule has 1 unspecified atom stereocenters. The van der Waals surface area contributed by atoms with E-state index in [9.17, 15) is 0 Å². The summed E-state index contributed by atoms with van der Waals surface area (Å²) in [5.74, 6) is 0.814. The van der Waals surface area contributed by atoms with Gasteiger partial charge in [0.15, 0.2) is 0 Å². The topological polar surface area (TPSA) is 9.23 Å². The van der Waals surface area contributed by atoms with Crippen LogP contribution in [0.15, 0.2) is 12.2 Å². The molecule has 2 radical (unpaired) electrons. The van der Waals surface area contributed by atoms with Gasteiger partial charge in [-0.2, -0.15) is 0 Å². The van der Waals surface area contributed by atoms with E-state index in [1.807, 2.05) is 0 Å². The first-order chi connectivity index (χ1) is 5.93. The fourth-order valence-corrected chi connectivity index (χ4v) is 2.26. The van der Waals surface area contributed by atoms with Crippen LogP contribution in [0.1, 0.15) is 32.6 Å². The van der Waals surface area contributed by atoms with Crippen molar-refractivity contribution in [3.05, 3.63) is 12.2 Å². The van der Waals surface area contributed by atoms with Gasteiger partial charge in [0.05, 0.1) is 0 Å². The highest BCUT2D eigenvalue weighted by Gasteiger charge is 2.10. The fraction of sp³-hybridized carbons (Fsp3) is 0.800. The van der Waals surface area contributed by atoms with Crippen molar-refractivity contribution in [1.82, 2.24) is 0 Å². The molecule has 1 fully saturated rings. The second-order valence-corrected chi connectivity index (χ2v) is 4.30. The minimum absolute atomic E-state index is 0.743. The SMILES string of the molecule is CCCC/C=C/C1CCO[Si]C1. The maximum Gasteiger partial charge on any atom is 0.230 e. The van der Waals surface area contributed by atoms with Crippen molar-refractivity contribution in [3.63, 3.8) is 0 Å². The zero-order valence-corrected chi connectivity index (χ0v) is 8.88. The molecule has 0 aromatic rings. The highest BCUT2D eigenvalue weighted by molar-refractivity contribution is 6.27. The van der Waals surface area contributed by atoms with Crippen molar-refractivity contribution in [1.29, 1.82) is 0 Å². The second kappa shape index (κ2) is 6.43. The third-order valence-corrected chi connectivity index (χ3v) is 3.27. The van der Waals surface area contributed by atoms with Gasteiger partial charge in [-0.05, 0) is 24.8 Å². The van der Waals surface area contributed by atoms with E-state index >= 15 is 0 Å². The lowest BCUT2D eigenvalue weighted by Gasteiger charge is -2.17. The molecule has 1 aliphatic rings. The van der Waals surface area contributed by atoms with Crippen molar-refractivity contribution in [3.8, 4) is 0 Å². The second-order valence-electron chi connectivity index (χ2n) is 3.32. The Bertz CT molecular complexity index is 128.